The van der Waals surface area contributed by atoms with Gasteiger partial charge in [0.2, 0.25) is 0 Å². The number of ether oxygens (including phenoxy) is 1. The first-order valence-electron chi connectivity index (χ1n) is 8.22. The maximum absolute atomic E-state index is 12.4. The Morgan fingerprint density at radius 1 is 1.16 bits per heavy atom. The van der Waals surface area contributed by atoms with Crippen molar-refractivity contribution in [3.63, 3.8) is 0 Å². The lowest BCUT2D eigenvalue weighted by molar-refractivity contribution is 0.0598. The van der Waals surface area contributed by atoms with Crippen LogP contribution < -0.4 is 0 Å². The molecule has 0 bridgehead atoms. The molecule has 0 spiro atoms. The molecular formula is C20H24O4S. The van der Waals surface area contributed by atoms with Gasteiger partial charge >= 0.3 is 5.97 Å². The third-order valence-electron chi connectivity index (χ3n) is 4.46. The number of hydrogen-bond donors (Lipinski definition) is 0. The first-order valence-corrected chi connectivity index (χ1v) is 10.1. The van der Waals surface area contributed by atoms with E-state index in [2.05, 4.69) is 0 Å². The summed E-state index contributed by atoms with van der Waals surface area (Å²) in [4.78, 5) is 12.4. The first-order chi connectivity index (χ1) is 11.7. The molecule has 0 aromatic heterocycles. The Kier molecular flexibility index (Phi) is 5.68. The number of carbonyl (C=O) groups is 1. The zero-order chi connectivity index (χ0) is 18.8. The molecule has 0 heterocycles. The number of methoxy groups -OCH3 is 1. The number of benzene rings is 2. The third-order valence-corrected chi connectivity index (χ3v) is 5.60. The van der Waals surface area contributed by atoms with Crippen molar-refractivity contribution in [2.45, 2.75) is 38.0 Å². The van der Waals surface area contributed by atoms with E-state index in [0.29, 0.717) is 11.1 Å². The quantitative estimate of drug-likeness (QED) is 0.743. The van der Waals surface area contributed by atoms with Gasteiger partial charge in [0, 0.05) is 11.8 Å². The summed E-state index contributed by atoms with van der Waals surface area (Å²) in [5.41, 5.74) is 3.64. The largest absolute Gasteiger partial charge is 0.465 e. The van der Waals surface area contributed by atoms with Crippen molar-refractivity contribution >= 4 is 15.8 Å². The lowest BCUT2D eigenvalue weighted by Gasteiger charge is -2.18. The number of aryl methyl sites for hydroxylation is 1. The highest BCUT2D eigenvalue weighted by Gasteiger charge is 2.23. The van der Waals surface area contributed by atoms with E-state index in [9.17, 15) is 13.2 Å². The molecule has 0 aliphatic heterocycles. The molecule has 2 aromatic carbocycles. The van der Waals surface area contributed by atoms with Gasteiger partial charge in [-0.05, 0) is 42.5 Å². The number of esters is 1. The predicted octanol–water partition coefficient (Wildman–Crippen LogP) is 4.37. The van der Waals surface area contributed by atoms with Crippen molar-refractivity contribution in [1.82, 2.24) is 0 Å². The Labute approximate surface area is 149 Å². The van der Waals surface area contributed by atoms with Crippen LogP contribution in [0.15, 0.2) is 41.3 Å². The van der Waals surface area contributed by atoms with Crippen LogP contribution >= 0.6 is 0 Å². The van der Waals surface area contributed by atoms with E-state index in [1.165, 1.54) is 13.2 Å². The molecule has 1 unspecified atom stereocenters. The van der Waals surface area contributed by atoms with E-state index >= 15 is 0 Å². The molecule has 2 rings (SSSR count). The fraction of sp³-hybridized carbons (Fsp3) is 0.350. The van der Waals surface area contributed by atoms with E-state index < -0.39 is 15.8 Å². The molecule has 25 heavy (non-hydrogen) atoms. The Morgan fingerprint density at radius 3 is 2.24 bits per heavy atom. The average Bonchev–Trinajstić information content (AvgIpc) is 2.59. The summed E-state index contributed by atoms with van der Waals surface area (Å²) in [6.45, 7) is 6.02. The molecule has 0 radical (unpaired) electrons. The van der Waals surface area contributed by atoms with E-state index in [1.54, 1.807) is 0 Å². The minimum atomic E-state index is -3.51. The van der Waals surface area contributed by atoms with Gasteiger partial charge in [0.25, 0.3) is 0 Å². The summed E-state index contributed by atoms with van der Waals surface area (Å²) in [5.74, 6) is -0.414. The monoisotopic (exact) mass is 360 g/mol. The molecule has 134 valence electrons. The number of hydrogen-bond acceptors (Lipinski definition) is 4. The third kappa shape index (κ3) is 4.10. The van der Waals surface area contributed by atoms with Crippen LogP contribution in [0.1, 0.15) is 47.7 Å². The lowest BCUT2D eigenvalue weighted by atomic mass is 9.90. The summed E-state index contributed by atoms with van der Waals surface area (Å²) in [7, 11) is -2.21. The van der Waals surface area contributed by atoms with Crippen LogP contribution in [-0.2, 0) is 14.6 Å². The van der Waals surface area contributed by atoms with Crippen molar-refractivity contribution in [2.75, 3.05) is 13.4 Å². The molecule has 0 fully saturated rings. The van der Waals surface area contributed by atoms with Crippen LogP contribution in [0.4, 0.5) is 0 Å². The standard InChI is InChI=1S/C20H24O4S/c1-6-14(3)16-11-17(15-9-7-13(2)8-10-15)19(25(5,22)23)12-18(16)20(21)24-4/h7-12,14H,6H2,1-5H3. The predicted molar refractivity (Wildman–Crippen MR) is 99.8 cm³/mol. The SMILES string of the molecule is CCC(C)c1cc(-c2ccc(C)cc2)c(S(C)(=O)=O)cc1C(=O)OC. The highest BCUT2D eigenvalue weighted by atomic mass is 32.2. The van der Waals surface area contributed by atoms with Crippen molar-refractivity contribution < 1.29 is 17.9 Å². The van der Waals surface area contributed by atoms with E-state index in [-0.39, 0.29) is 10.8 Å². The molecule has 0 saturated heterocycles. The highest BCUT2D eigenvalue weighted by molar-refractivity contribution is 7.90. The number of sulfone groups is 1. The van der Waals surface area contributed by atoms with Crippen LogP contribution in [-0.4, -0.2) is 27.8 Å². The Bertz CT molecular complexity index is 881. The minimum absolute atomic E-state index is 0.104. The number of rotatable bonds is 5. The average molecular weight is 360 g/mol. The second kappa shape index (κ2) is 7.40. The molecule has 0 saturated carbocycles. The molecule has 0 aliphatic carbocycles. The smallest absolute Gasteiger partial charge is 0.338 e. The Balaban J connectivity index is 2.85. The number of carbonyl (C=O) groups excluding carboxylic acids is 1. The topological polar surface area (TPSA) is 60.4 Å². The van der Waals surface area contributed by atoms with Crippen molar-refractivity contribution in [2.24, 2.45) is 0 Å². The van der Waals surface area contributed by atoms with Crippen LogP contribution in [0.3, 0.4) is 0 Å². The molecular weight excluding hydrogens is 336 g/mol. The van der Waals surface area contributed by atoms with E-state index in [4.69, 9.17) is 4.74 Å². The van der Waals surface area contributed by atoms with Gasteiger partial charge in [-0.25, -0.2) is 13.2 Å². The van der Waals surface area contributed by atoms with Crippen molar-refractivity contribution in [3.05, 3.63) is 53.1 Å². The zero-order valence-corrected chi connectivity index (χ0v) is 16.1. The van der Waals surface area contributed by atoms with Gasteiger partial charge in [0.05, 0.1) is 17.6 Å². The molecule has 0 aliphatic rings. The zero-order valence-electron chi connectivity index (χ0n) is 15.3. The van der Waals surface area contributed by atoms with Gasteiger partial charge in [-0.2, -0.15) is 0 Å². The fourth-order valence-electron chi connectivity index (χ4n) is 2.78. The second-order valence-electron chi connectivity index (χ2n) is 6.37. The summed E-state index contributed by atoms with van der Waals surface area (Å²) in [5, 5.41) is 0. The fourth-order valence-corrected chi connectivity index (χ4v) is 3.68. The molecule has 4 nitrogen and oxygen atoms in total. The van der Waals surface area contributed by atoms with Gasteiger partial charge in [0.15, 0.2) is 9.84 Å². The summed E-state index contributed by atoms with van der Waals surface area (Å²) in [6, 6.07) is 11.0. The van der Waals surface area contributed by atoms with Crippen LogP contribution in [0.25, 0.3) is 11.1 Å². The highest BCUT2D eigenvalue weighted by Crippen LogP contribution is 2.34. The van der Waals surface area contributed by atoms with Crippen LogP contribution in [0.2, 0.25) is 0 Å². The maximum atomic E-state index is 12.4. The van der Waals surface area contributed by atoms with Gasteiger partial charge in [0.1, 0.15) is 0 Å². The summed E-state index contributed by atoms with van der Waals surface area (Å²) >= 11 is 0. The lowest BCUT2D eigenvalue weighted by Crippen LogP contribution is -2.11. The van der Waals surface area contributed by atoms with Crippen molar-refractivity contribution in [1.29, 1.82) is 0 Å². The Morgan fingerprint density at radius 2 is 1.76 bits per heavy atom. The minimum Gasteiger partial charge on any atom is -0.465 e. The molecule has 1 atom stereocenters. The van der Waals surface area contributed by atoms with Crippen LogP contribution in [0.5, 0.6) is 0 Å². The van der Waals surface area contributed by atoms with Crippen LogP contribution in [0, 0.1) is 6.92 Å². The summed E-state index contributed by atoms with van der Waals surface area (Å²) < 4.78 is 29.6. The normalized spacial score (nSPS) is 12.7. The Hall–Kier alpha value is -2.14. The van der Waals surface area contributed by atoms with E-state index in [0.717, 1.165) is 29.4 Å². The molecule has 2 aromatic rings. The first kappa shape index (κ1) is 19.2. The van der Waals surface area contributed by atoms with Gasteiger partial charge < -0.3 is 4.74 Å². The van der Waals surface area contributed by atoms with E-state index in [1.807, 2.05) is 51.1 Å². The second-order valence-corrected chi connectivity index (χ2v) is 8.36. The van der Waals surface area contributed by atoms with Gasteiger partial charge in [-0.3, -0.25) is 0 Å². The van der Waals surface area contributed by atoms with Crippen molar-refractivity contribution in [3.8, 4) is 11.1 Å². The molecule has 5 heteroatoms. The summed E-state index contributed by atoms with van der Waals surface area (Å²) in [6.07, 6.45) is 1.99. The molecule has 0 N–H and O–H groups in total. The van der Waals surface area contributed by atoms with Gasteiger partial charge in [-0.1, -0.05) is 43.7 Å². The maximum Gasteiger partial charge on any atom is 0.338 e. The molecule has 0 amide bonds. The van der Waals surface area contributed by atoms with Gasteiger partial charge in [-0.15, -0.1) is 0 Å².